The zero-order valence-corrected chi connectivity index (χ0v) is 13.0. The number of nitrogens with one attached hydrogen (secondary N) is 1. The summed E-state index contributed by atoms with van der Waals surface area (Å²) in [6.45, 7) is 0.978. The quantitative estimate of drug-likeness (QED) is 0.791. The van der Waals surface area contributed by atoms with E-state index in [4.69, 9.17) is 20.8 Å². The highest BCUT2D eigenvalue weighted by Gasteiger charge is 2.07. The first kappa shape index (κ1) is 15.4. The Morgan fingerprint density at radius 3 is 2.95 bits per heavy atom. The van der Waals surface area contributed by atoms with Gasteiger partial charge in [-0.25, -0.2) is 0 Å². The van der Waals surface area contributed by atoms with Gasteiger partial charge >= 0.3 is 0 Å². The lowest BCUT2D eigenvalue weighted by Crippen LogP contribution is -2.24. The largest absolute Gasteiger partial charge is 0.467 e. The molecule has 0 aliphatic rings. The standard InChI is InChI=1S/C14H15BrClNO3/c15-13-6-10(16)3-4-14(13)17-7-11(18)8-19-9-12-2-1-5-20-12/h1-6,11,17-18H,7-9H2. The highest BCUT2D eigenvalue weighted by Crippen LogP contribution is 2.25. The smallest absolute Gasteiger partial charge is 0.129 e. The highest BCUT2D eigenvalue weighted by atomic mass is 79.9. The summed E-state index contributed by atoms with van der Waals surface area (Å²) >= 11 is 9.26. The van der Waals surface area contributed by atoms with E-state index in [9.17, 15) is 5.11 Å². The maximum atomic E-state index is 9.83. The Labute approximate surface area is 130 Å². The minimum atomic E-state index is -0.604. The van der Waals surface area contributed by atoms with Gasteiger partial charge in [0.05, 0.1) is 19.0 Å². The number of aliphatic hydroxyl groups excluding tert-OH is 1. The number of benzene rings is 1. The number of halogens is 2. The highest BCUT2D eigenvalue weighted by molar-refractivity contribution is 9.10. The van der Waals surface area contributed by atoms with Gasteiger partial charge in [0.1, 0.15) is 12.4 Å². The molecule has 2 rings (SSSR count). The SMILES string of the molecule is OC(CNc1ccc(Cl)cc1Br)COCc1ccco1. The molecule has 0 fully saturated rings. The Morgan fingerprint density at radius 2 is 2.25 bits per heavy atom. The fraction of sp³-hybridized carbons (Fsp3) is 0.286. The molecule has 20 heavy (non-hydrogen) atoms. The van der Waals surface area contributed by atoms with Gasteiger partial charge < -0.3 is 19.6 Å². The van der Waals surface area contributed by atoms with Gasteiger partial charge in [-0.05, 0) is 46.3 Å². The molecule has 1 atom stereocenters. The van der Waals surface area contributed by atoms with Crippen LogP contribution >= 0.6 is 27.5 Å². The second-order valence-corrected chi connectivity index (χ2v) is 5.54. The lowest BCUT2D eigenvalue weighted by molar-refractivity contribution is 0.0282. The molecule has 4 nitrogen and oxygen atoms in total. The van der Waals surface area contributed by atoms with E-state index in [1.807, 2.05) is 12.1 Å². The van der Waals surface area contributed by atoms with Crippen molar-refractivity contribution in [2.24, 2.45) is 0 Å². The van der Waals surface area contributed by atoms with Crippen molar-refractivity contribution in [1.29, 1.82) is 0 Å². The van der Waals surface area contributed by atoms with Crippen molar-refractivity contribution in [2.45, 2.75) is 12.7 Å². The van der Waals surface area contributed by atoms with Crippen LogP contribution in [0.25, 0.3) is 0 Å². The molecule has 6 heteroatoms. The van der Waals surface area contributed by atoms with Crippen LogP contribution < -0.4 is 5.32 Å². The normalized spacial score (nSPS) is 12.3. The Hall–Kier alpha value is -1.01. The van der Waals surface area contributed by atoms with Crippen molar-refractivity contribution in [3.63, 3.8) is 0 Å². The topological polar surface area (TPSA) is 54.6 Å². The van der Waals surface area contributed by atoms with Crippen LogP contribution in [0.5, 0.6) is 0 Å². The maximum Gasteiger partial charge on any atom is 0.129 e. The Morgan fingerprint density at radius 1 is 1.40 bits per heavy atom. The number of anilines is 1. The van der Waals surface area contributed by atoms with Gasteiger partial charge in [0.15, 0.2) is 0 Å². The summed E-state index contributed by atoms with van der Waals surface area (Å²) in [5.74, 6) is 0.741. The number of hydrogen-bond acceptors (Lipinski definition) is 4. The molecule has 108 valence electrons. The second kappa shape index (κ2) is 7.69. The lowest BCUT2D eigenvalue weighted by Gasteiger charge is -2.14. The number of hydrogen-bond donors (Lipinski definition) is 2. The van der Waals surface area contributed by atoms with Gasteiger partial charge in [-0.1, -0.05) is 11.6 Å². The second-order valence-electron chi connectivity index (χ2n) is 4.25. The van der Waals surface area contributed by atoms with Crippen molar-refractivity contribution in [1.82, 2.24) is 0 Å². The van der Waals surface area contributed by atoms with E-state index < -0.39 is 6.10 Å². The predicted molar refractivity (Wildman–Crippen MR) is 82.0 cm³/mol. The van der Waals surface area contributed by atoms with Gasteiger partial charge in [0.25, 0.3) is 0 Å². The van der Waals surface area contributed by atoms with E-state index in [1.54, 1.807) is 24.5 Å². The van der Waals surface area contributed by atoms with E-state index in [-0.39, 0.29) is 6.61 Å². The summed E-state index contributed by atoms with van der Waals surface area (Å²) in [6, 6.07) is 9.06. The van der Waals surface area contributed by atoms with E-state index in [1.165, 1.54) is 0 Å². The van der Waals surface area contributed by atoms with Crippen molar-refractivity contribution >= 4 is 33.2 Å². The van der Waals surface area contributed by atoms with Crippen LogP contribution in [0.3, 0.4) is 0 Å². The molecular weight excluding hydrogens is 346 g/mol. The zero-order chi connectivity index (χ0) is 14.4. The van der Waals surface area contributed by atoms with E-state index in [2.05, 4.69) is 21.2 Å². The third-order valence-corrected chi connectivity index (χ3v) is 3.49. The minimum absolute atomic E-state index is 0.235. The summed E-state index contributed by atoms with van der Waals surface area (Å²) in [4.78, 5) is 0. The van der Waals surface area contributed by atoms with Crippen LogP contribution in [0.2, 0.25) is 5.02 Å². The third-order valence-electron chi connectivity index (χ3n) is 2.59. The summed E-state index contributed by atoms with van der Waals surface area (Å²) in [7, 11) is 0. The Bertz CT molecular complexity index is 533. The molecule has 0 aliphatic carbocycles. The van der Waals surface area contributed by atoms with Gasteiger partial charge in [0, 0.05) is 21.7 Å². The van der Waals surface area contributed by atoms with Crippen molar-refractivity contribution in [2.75, 3.05) is 18.5 Å². The van der Waals surface area contributed by atoms with Crippen LogP contribution in [0, 0.1) is 0 Å². The van der Waals surface area contributed by atoms with Crippen LogP contribution in [0.1, 0.15) is 5.76 Å². The molecule has 2 aromatic rings. The van der Waals surface area contributed by atoms with Crippen LogP contribution in [-0.2, 0) is 11.3 Å². The Kier molecular flexibility index (Phi) is 5.91. The maximum absolute atomic E-state index is 9.83. The Balaban J connectivity index is 1.70. The summed E-state index contributed by atoms with van der Waals surface area (Å²) < 4.78 is 11.3. The molecule has 1 aromatic heterocycles. The minimum Gasteiger partial charge on any atom is -0.467 e. The van der Waals surface area contributed by atoms with Gasteiger partial charge in [-0.15, -0.1) is 0 Å². The fourth-order valence-corrected chi connectivity index (χ4v) is 2.43. The summed E-state index contributed by atoms with van der Waals surface area (Å²) in [5.41, 5.74) is 0.875. The van der Waals surface area contributed by atoms with Crippen LogP contribution in [-0.4, -0.2) is 24.4 Å². The average molecular weight is 361 g/mol. The van der Waals surface area contributed by atoms with E-state index in [0.717, 1.165) is 15.9 Å². The summed E-state index contributed by atoms with van der Waals surface area (Å²) in [5, 5.41) is 13.6. The first-order chi connectivity index (χ1) is 9.65. The van der Waals surface area contributed by atoms with Gasteiger partial charge in [-0.3, -0.25) is 0 Å². The van der Waals surface area contributed by atoms with Gasteiger partial charge in [0.2, 0.25) is 0 Å². The number of ether oxygens (including phenoxy) is 1. The zero-order valence-electron chi connectivity index (χ0n) is 10.7. The number of rotatable bonds is 7. The molecular formula is C14H15BrClNO3. The molecule has 1 heterocycles. The molecule has 0 bridgehead atoms. The molecule has 0 radical (unpaired) electrons. The van der Waals surface area contributed by atoms with Gasteiger partial charge in [-0.2, -0.15) is 0 Å². The lowest BCUT2D eigenvalue weighted by atomic mass is 10.3. The van der Waals surface area contributed by atoms with Crippen molar-refractivity contribution in [3.8, 4) is 0 Å². The van der Waals surface area contributed by atoms with Crippen LogP contribution in [0.15, 0.2) is 45.5 Å². The van der Waals surface area contributed by atoms with E-state index in [0.29, 0.717) is 18.2 Å². The first-order valence-corrected chi connectivity index (χ1v) is 7.29. The fourth-order valence-electron chi connectivity index (χ4n) is 1.61. The molecule has 0 spiro atoms. The van der Waals surface area contributed by atoms with Crippen molar-refractivity contribution in [3.05, 3.63) is 51.9 Å². The molecule has 2 N–H and O–H groups in total. The van der Waals surface area contributed by atoms with E-state index >= 15 is 0 Å². The molecule has 1 aromatic carbocycles. The third kappa shape index (κ3) is 4.83. The monoisotopic (exact) mass is 359 g/mol. The molecule has 0 saturated carbocycles. The molecule has 1 unspecified atom stereocenters. The van der Waals surface area contributed by atoms with Crippen molar-refractivity contribution < 1.29 is 14.3 Å². The molecule has 0 aliphatic heterocycles. The average Bonchev–Trinajstić information content (AvgIpc) is 2.91. The first-order valence-electron chi connectivity index (χ1n) is 6.12. The number of aliphatic hydroxyl groups is 1. The summed E-state index contributed by atoms with van der Waals surface area (Å²) in [6.07, 6.45) is 0.988. The molecule has 0 saturated heterocycles. The predicted octanol–water partition coefficient (Wildman–Crippen LogP) is 3.69. The number of furan rings is 1. The molecule has 0 amide bonds. The van der Waals surface area contributed by atoms with Crippen LogP contribution in [0.4, 0.5) is 5.69 Å².